The van der Waals surface area contributed by atoms with Crippen molar-refractivity contribution in [2.45, 2.75) is 0 Å². The van der Waals surface area contributed by atoms with E-state index in [1.54, 1.807) is 0 Å². The van der Waals surface area contributed by atoms with Gasteiger partial charge < -0.3 is 8.83 Å². The van der Waals surface area contributed by atoms with E-state index in [4.69, 9.17) is 8.83 Å². The lowest BCUT2D eigenvalue weighted by Crippen LogP contribution is -1.91. The molecule has 0 aliphatic heterocycles. The zero-order valence-electron chi connectivity index (χ0n) is 30.3. The van der Waals surface area contributed by atoms with Gasteiger partial charge in [-0.15, -0.1) is 0 Å². The molecular weight excluding hydrogens is 681 g/mol. The molecule has 0 amide bonds. The molecule has 12 rings (SSSR count). The molecule has 0 unspecified atom stereocenters. The smallest absolute Gasteiger partial charge is 0.147 e. The van der Waals surface area contributed by atoms with Gasteiger partial charge in [-0.2, -0.15) is 0 Å². The number of hydrogen-bond donors (Lipinski definition) is 0. The summed E-state index contributed by atoms with van der Waals surface area (Å²) in [6, 6.07) is 69.9. The van der Waals surface area contributed by atoms with E-state index in [1.165, 1.54) is 65.7 Å². The van der Waals surface area contributed by atoms with Crippen LogP contribution in [-0.2, 0) is 0 Å². The van der Waals surface area contributed by atoms with Crippen molar-refractivity contribution in [1.82, 2.24) is 0 Å². The minimum atomic E-state index is 0.844. The number of benzene rings is 10. The zero-order valence-corrected chi connectivity index (χ0v) is 30.3. The predicted octanol–water partition coefficient (Wildman–Crippen LogP) is 15.6. The first-order chi connectivity index (χ1) is 27.8. The van der Waals surface area contributed by atoms with Crippen molar-refractivity contribution in [3.63, 3.8) is 0 Å². The van der Waals surface area contributed by atoms with Crippen LogP contribution in [0.2, 0.25) is 0 Å². The maximum Gasteiger partial charge on any atom is 0.147 e. The summed E-state index contributed by atoms with van der Waals surface area (Å²) in [4.78, 5) is 0. The van der Waals surface area contributed by atoms with E-state index in [-0.39, 0.29) is 0 Å². The van der Waals surface area contributed by atoms with Crippen molar-refractivity contribution < 1.29 is 8.83 Å². The average molecular weight is 713 g/mol. The van der Waals surface area contributed by atoms with Crippen molar-refractivity contribution in [1.29, 1.82) is 0 Å². The Balaban J connectivity index is 1.05. The molecule has 2 nitrogen and oxygen atoms in total. The Hall–Kier alpha value is -7.42. The SMILES string of the molecule is c1cc(-c2cccc3ccccc23)cc(-c2c3ccccc3c(-c3ccc(-c4cc5c6ccccc6oc5c5c4oc4ccccc45)cc3)c3ccccc23)c1. The van der Waals surface area contributed by atoms with Gasteiger partial charge in [0.05, 0.1) is 5.39 Å². The van der Waals surface area contributed by atoms with Crippen molar-refractivity contribution in [2.24, 2.45) is 0 Å². The van der Waals surface area contributed by atoms with E-state index in [2.05, 4.69) is 170 Å². The molecule has 56 heavy (non-hydrogen) atoms. The van der Waals surface area contributed by atoms with Crippen molar-refractivity contribution >= 4 is 76.2 Å². The van der Waals surface area contributed by atoms with Gasteiger partial charge in [0.1, 0.15) is 22.3 Å². The van der Waals surface area contributed by atoms with E-state index >= 15 is 0 Å². The summed E-state index contributed by atoms with van der Waals surface area (Å²) >= 11 is 0. The average Bonchev–Trinajstić information content (AvgIpc) is 3.84. The number of rotatable bonds is 4. The van der Waals surface area contributed by atoms with Gasteiger partial charge in [0.15, 0.2) is 0 Å². The first kappa shape index (κ1) is 31.0. The molecule has 2 aromatic heterocycles. The van der Waals surface area contributed by atoms with Gasteiger partial charge >= 0.3 is 0 Å². The molecule has 0 radical (unpaired) electrons. The largest absolute Gasteiger partial charge is 0.455 e. The second-order valence-electron chi connectivity index (χ2n) is 14.7. The second-order valence-corrected chi connectivity index (χ2v) is 14.7. The fourth-order valence-electron chi connectivity index (χ4n) is 9.17. The van der Waals surface area contributed by atoms with E-state index in [1.807, 2.05) is 24.3 Å². The lowest BCUT2D eigenvalue weighted by Gasteiger charge is -2.18. The molecule has 260 valence electrons. The highest BCUT2D eigenvalue weighted by Gasteiger charge is 2.22. The molecule has 10 aromatic carbocycles. The van der Waals surface area contributed by atoms with Gasteiger partial charge in [-0.25, -0.2) is 0 Å². The number of fused-ring (bicyclic) bond motifs is 10. The third kappa shape index (κ3) is 4.57. The van der Waals surface area contributed by atoms with Crippen LogP contribution in [0.25, 0.3) is 121 Å². The van der Waals surface area contributed by atoms with Crippen LogP contribution in [0.1, 0.15) is 0 Å². The first-order valence-electron chi connectivity index (χ1n) is 19.2. The van der Waals surface area contributed by atoms with Gasteiger partial charge in [0, 0.05) is 21.7 Å². The number of para-hydroxylation sites is 2. The molecule has 0 N–H and O–H groups in total. The quantitative estimate of drug-likeness (QED) is 0.170. The van der Waals surface area contributed by atoms with Gasteiger partial charge in [-0.3, -0.25) is 0 Å². The van der Waals surface area contributed by atoms with E-state index < -0.39 is 0 Å². The predicted molar refractivity (Wildman–Crippen MR) is 235 cm³/mol. The van der Waals surface area contributed by atoms with Crippen molar-refractivity contribution in [3.05, 3.63) is 194 Å². The molecule has 2 heteroatoms. The lowest BCUT2D eigenvalue weighted by atomic mass is 9.85. The Kier molecular flexibility index (Phi) is 6.66. The monoisotopic (exact) mass is 712 g/mol. The maximum atomic E-state index is 6.63. The molecule has 2 heterocycles. The molecule has 0 saturated carbocycles. The Morgan fingerprint density at radius 3 is 1.48 bits per heavy atom. The number of hydrogen-bond acceptors (Lipinski definition) is 2. The topological polar surface area (TPSA) is 26.3 Å². The second kappa shape index (κ2) is 12.0. The summed E-state index contributed by atoms with van der Waals surface area (Å²) in [5.74, 6) is 0. The highest BCUT2D eigenvalue weighted by molar-refractivity contribution is 6.25. The third-order valence-electron chi connectivity index (χ3n) is 11.7. The normalized spacial score (nSPS) is 11.9. The molecule has 0 spiro atoms. The summed E-state index contributed by atoms with van der Waals surface area (Å²) in [5, 5.41) is 11.7. The molecule has 0 aliphatic carbocycles. The van der Waals surface area contributed by atoms with Crippen LogP contribution in [0, 0.1) is 0 Å². The van der Waals surface area contributed by atoms with Gasteiger partial charge in [-0.05, 0) is 95.5 Å². The van der Waals surface area contributed by atoms with Crippen LogP contribution in [0.3, 0.4) is 0 Å². The lowest BCUT2D eigenvalue weighted by molar-refractivity contribution is 0.663. The third-order valence-corrected chi connectivity index (χ3v) is 11.7. The Morgan fingerprint density at radius 1 is 0.268 bits per heavy atom. The molecule has 0 bridgehead atoms. The highest BCUT2D eigenvalue weighted by atomic mass is 16.3. The minimum absolute atomic E-state index is 0.844. The highest BCUT2D eigenvalue weighted by Crippen LogP contribution is 2.47. The number of furan rings is 2. The Labute approximate surface area is 322 Å². The molecule has 0 aliphatic rings. The Bertz CT molecular complexity index is 3460. The fourth-order valence-corrected chi connectivity index (χ4v) is 9.17. The summed E-state index contributed by atoms with van der Waals surface area (Å²) in [5.41, 5.74) is 12.9. The van der Waals surface area contributed by atoms with Crippen LogP contribution < -0.4 is 0 Å². The van der Waals surface area contributed by atoms with E-state index in [0.717, 1.165) is 55.0 Å². The standard InChI is InChI=1S/C54H32O2/c1-2-17-38-33(13-1)14-12-24-39(38)36-15-11-16-37(31-36)51-43-21-5-3-19-41(43)50(42-20-4-6-22-44(42)51)35-29-27-34(28-30-35)46-32-47-40-18-7-9-25-48(40)55-54(47)52-45-23-8-10-26-49(45)56-53(46)52/h1-32H. The van der Waals surface area contributed by atoms with Gasteiger partial charge in [0.25, 0.3) is 0 Å². The Morgan fingerprint density at radius 2 is 0.768 bits per heavy atom. The maximum absolute atomic E-state index is 6.63. The molecule has 0 atom stereocenters. The fraction of sp³-hybridized carbons (Fsp3) is 0. The summed E-state index contributed by atoms with van der Waals surface area (Å²) < 4.78 is 13.1. The molecule has 12 aromatic rings. The van der Waals surface area contributed by atoms with E-state index in [9.17, 15) is 0 Å². The molecule has 0 saturated heterocycles. The van der Waals surface area contributed by atoms with Crippen LogP contribution >= 0.6 is 0 Å². The van der Waals surface area contributed by atoms with Gasteiger partial charge in [0.2, 0.25) is 0 Å². The van der Waals surface area contributed by atoms with Crippen LogP contribution in [-0.4, -0.2) is 0 Å². The van der Waals surface area contributed by atoms with Crippen LogP contribution in [0.4, 0.5) is 0 Å². The summed E-state index contributed by atoms with van der Waals surface area (Å²) in [6.45, 7) is 0. The zero-order chi connectivity index (χ0) is 36.7. The first-order valence-corrected chi connectivity index (χ1v) is 19.2. The van der Waals surface area contributed by atoms with Gasteiger partial charge in [-0.1, -0.05) is 170 Å². The van der Waals surface area contributed by atoms with Crippen LogP contribution in [0.5, 0.6) is 0 Å². The molecular formula is C54H32O2. The summed E-state index contributed by atoms with van der Waals surface area (Å²) in [7, 11) is 0. The minimum Gasteiger partial charge on any atom is -0.455 e. The summed E-state index contributed by atoms with van der Waals surface area (Å²) in [6.07, 6.45) is 0. The van der Waals surface area contributed by atoms with E-state index in [0.29, 0.717) is 0 Å². The van der Waals surface area contributed by atoms with Crippen molar-refractivity contribution in [2.75, 3.05) is 0 Å². The van der Waals surface area contributed by atoms with Crippen LogP contribution in [0.15, 0.2) is 203 Å². The van der Waals surface area contributed by atoms with Crippen molar-refractivity contribution in [3.8, 4) is 44.5 Å². The molecule has 0 fully saturated rings.